The van der Waals surface area contributed by atoms with Crippen molar-refractivity contribution in [3.63, 3.8) is 0 Å². The van der Waals surface area contributed by atoms with Crippen LogP contribution in [0.15, 0.2) is 24.3 Å². The van der Waals surface area contributed by atoms with Crippen LogP contribution in [-0.4, -0.2) is 0 Å². The molecule has 58 valence electrons. The third-order valence-corrected chi connectivity index (χ3v) is 2.40. The third kappa shape index (κ3) is 0.919. The maximum absolute atomic E-state index is 3.21. The first-order chi connectivity index (χ1) is 6.45. The molecule has 0 spiro atoms. The minimum absolute atomic E-state index is 0.965. The molecule has 1 aliphatic carbocycles. The van der Waals surface area contributed by atoms with Crippen molar-refractivity contribution in [1.29, 1.82) is 0 Å². The minimum Gasteiger partial charge on any atom is -0.0502 e. The average Bonchev–Trinajstić information content (AvgIpc) is 2.56. The summed E-state index contributed by atoms with van der Waals surface area (Å²) in [5.41, 5.74) is 4.98. The molecule has 0 bridgehead atoms. The Hall–Kier alpha value is -1.56. The largest absolute Gasteiger partial charge is 0.0502 e. The van der Waals surface area contributed by atoms with Crippen LogP contribution >= 0.6 is 0 Å². The van der Waals surface area contributed by atoms with E-state index in [2.05, 4.69) is 24.3 Å². The van der Waals surface area contributed by atoms with Crippen LogP contribution in [0.4, 0.5) is 0 Å². The van der Waals surface area contributed by atoms with Gasteiger partial charge in [-0.25, -0.2) is 0 Å². The second kappa shape index (κ2) is 2.46. The lowest BCUT2D eigenvalue weighted by Crippen LogP contribution is -1.78. The normalized spacial score (nSPS) is 12.3. The lowest BCUT2D eigenvalue weighted by Gasteiger charge is -1.96. The highest BCUT2D eigenvalue weighted by Gasteiger charge is 2.16. The van der Waals surface area contributed by atoms with Crippen LogP contribution in [0.25, 0.3) is 11.1 Å². The van der Waals surface area contributed by atoms with Crippen molar-refractivity contribution in [2.75, 3.05) is 0 Å². The van der Waals surface area contributed by atoms with Gasteiger partial charge >= 0.3 is 0 Å². The summed E-state index contributed by atoms with van der Waals surface area (Å²) in [5.74, 6) is 0. The highest BCUT2D eigenvalue weighted by Crippen LogP contribution is 2.34. The van der Waals surface area contributed by atoms with Gasteiger partial charge in [-0.05, 0) is 71.1 Å². The molecule has 1 aliphatic rings. The topological polar surface area (TPSA) is 0 Å². The highest BCUT2D eigenvalue weighted by atomic mass is 14.2. The van der Waals surface area contributed by atoms with Crippen molar-refractivity contribution in [3.8, 4) is 11.1 Å². The lowest BCUT2D eigenvalue weighted by atomic mass is 10.1. The molecule has 0 saturated carbocycles. The standard InChI is InChI=1S/C13H6/c1-3-7-12-10(5-1)9-11-6-2-4-8-13(11)12/h1,4,6-7H,9H2. The predicted octanol–water partition coefficient (Wildman–Crippen LogP) is 2.46. The maximum atomic E-state index is 3.21. The molecule has 0 heteroatoms. The average molecular weight is 162 g/mol. The monoisotopic (exact) mass is 162 g/mol. The van der Waals surface area contributed by atoms with E-state index in [0.717, 1.165) is 6.42 Å². The van der Waals surface area contributed by atoms with Gasteiger partial charge in [-0.3, -0.25) is 0 Å². The molecule has 0 amide bonds. The summed E-state index contributed by atoms with van der Waals surface area (Å²) in [6.45, 7) is 0. The molecule has 0 aromatic heterocycles. The molecule has 2 aromatic rings. The quantitative estimate of drug-likeness (QED) is 0.476. The van der Waals surface area contributed by atoms with Gasteiger partial charge in [0.05, 0.1) is 0 Å². The zero-order valence-corrected chi connectivity index (χ0v) is 7.02. The Balaban J connectivity index is 2.32. The van der Waals surface area contributed by atoms with Crippen molar-refractivity contribution >= 4 is 0 Å². The van der Waals surface area contributed by atoms with Crippen molar-refractivity contribution < 1.29 is 0 Å². The molecule has 0 aliphatic heterocycles. The van der Waals surface area contributed by atoms with E-state index in [4.69, 9.17) is 0 Å². The Morgan fingerprint density at radius 3 is 2.85 bits per heavy atom. The van der Waals surface area contributed by atoms with E-state index in [1.807, 2.05) is 24.3 Å². The van der Waals surface area contributed by atoms with E-state index in [-0.39, 0.29) is 0 Å². The second-order valence-corrected chi connectivity index (χ2v) is 3.17. The number of hydrogen-bond acceptors (Lipinski definition) is 0. The summed E-state index contributed by atoms with van der Waals surface area (Å²) >= 11 is 0. The van der Waals surface area contributed by atoms with E-state index in [1.165, 1.54) is 22.3 Å². The zero-order valence-electron chi connectivity index (χ0n) is 7.02. The highest BCUT2D eigenvalue weighted by molar-refractivity contribution is 5.75. The minimum atomic E-state index is 0.965. The van der Waals surface area contributed by atoms with E-state index >= 15 is 0 Å². The summed E-state index contributed by atoms with van der Waals surface area (Å²) in [4.78, 5) is 0. The Kier molecular flexibility index (Phi) is 1.31. The van der Waals surface area contributed by atoms with Crippen LogP contribution in [-0.2, 0) is 6.42 Å². The van der Waals surface area contributed by atoms with Crippen molar-refractivity contribution in [3.05, 3.63) is 59.7 Å². The van der Waals surface area contributed by atoms with Crippen molar-refractivity contribution in [1.82, 2.24) is 0 Å². The number of fused-ring (bicyclic) bond motifs is 3. The van der Waals surface area contributed by atoms with Gasteiger partial charge in [-0.15, -0.1) is 0 Å². The molecule has 4 radical (unpaired) electrons. The first-order valence-corrected chi connectivity index (χ1v) is 4.27. The van der Waals surface area contributed by atoms with Gasteiger partial charge in [0.15, 0.2) is 0 Å². The van der Waals surface area contributed by atoms with E-state index in [0.29, 0.717) is 0 Å². The van der Waals surface area contributed by atoms with Gasteiger partial charge in [0.1, 0.15) is 0 Å². The van der Waals surface area contributed by atoms with Crippen LogP contribution in [0.2, 0.25) is 0 Å². The lowest BCUT2D eigenvalue weighted by molar-refractivity contribution is 1.26. The summed E-state index contributed by atoms with van der Waals surface area (Å²) < 4.78 is 0. The molecule has 0 atom stereocenters. The van der Waals surface area contributed by atoms with Crippen LogP contribution in [0.5, 0.6) is 0 Å². The number of hydrogen-bond donors (Lipinski definition) is 0. The van der Waals surface area contributed by atoms with Crippen molar-refractivity contribution in [2.45, 2.75) is 6.42 Å². The molecule has 0 unspecified atom stereocenters. The van der Waals surface area contributed by atoms with Gasteiger partial charge in [0.2, 0.25) is 0 Å². The molecule has 0 saturated heterocycles. The first kappa shape index (κ1) is 6.90. The van der Waals surface area contributed by atoms with Crippen LogP contribution < -0.4 is 0 Å². The van der Waals surface area contributed by atoms with Gasteiger partial charge < -0.3 is 0 Å². The Bertz CT molecular complexity index is 412. The Morgan fingerprint density at radius 2 is 1.85 bits per heavy atom. The molecule has 0 nitrogen and oxygen atoms in total. The molecule has 0 heterocycles. The number of rotatable bonds is 0. The number of benzene rings is 2. The summed E-state index contributed by atoms with van der Waals surface area (Å²) in [7, 11) is 0. The predicted molar refractivity (Wildman–Crippen MR) is 50.0 cm³/mol. The van der Waals surface area contributed by atoms with Crippen LogP contribution in [0.3, 0.4) is 0 Å². The van der Waals surface area contributed by atoms with Gasteiger partial charge in [-0.1, -0.05) is 6.07 Å². The second-order valence-electron chi connectivity index (χ2n) is 3.17. The molecule has 0 N–H and O–H groups in total. The van der Waals surface area contributed by atoms with Gasteiger partial charge in [-0.2, -0.15) is 0 Å². The molecular weight excluding hydrogens is 156 g/mol. The molecule has 0 fully saturated rings. The SMILES string of the molecule is [c]1c[c]c2c(c1)Cc1[c]c[c]cc1-2. The fourth-order valence-electron chi connectivity index (χ4n) is 1.79. The fraction of sp³-hybridized carbons (Fsp3) is 0.0769. The van der Waals surface area contributed by atoms with E-state index in [9.17, 15) is 0 Å². The molecule has 3 rings (SSSR count). The summed E-state index contributed by atoms with van der Waals surface area (Å²) in [6.07, 6.45) is 0.965. The third-order valence-electron chi connectivity index (χ3n) is 2.40. The first-order valence-electron chi connectivity index (χ1n) is 4.27. The zero-order chi connectivity index (χ0) is 8.67. The van der Waals surface area contributed by atoms with Crippen LogP contribution in [0.1, 0.15) is 11.1 Å². The smallest absolute Gasteiger partial charge is 0.000683 e. The molecule has 13 heavy (non-hydrogen) atoms. The summed E-state index contributed by atoms with van der Waals surface area (Å²) in [6, 6.07) is 20.2. The summed E-state index contributed by atoms with van der Waals surface area (Å²) in [5, 5.41) is 0. The van der Waals surface area contributed by atoms with Gasteiger partial charge in [0, 0.05) is 0 Å². The molecular formula is C13H6. The van der Waals surface area contributed by atoms with Crippen molar-refractivity contribution in [2.24, 2.45) is 0 Å². The van der Waals surface area contributed by atoms with Crippen LogP contribution in [0, 0.1) is 24.3 Å². The maximum Gasteiger partial charge on any atom is -0.000683 e. The fourth-order valence-corrected chi connectivity index (χ4v) is 1.79. The van der Waals surface area contributed by atoms with Gasteiger partial charge in [0.25, 0.3) is 0 Å². The van der Waals surface area contributed by atoms with E-state index in [1.54, 1.807) is 0 Å². The molecule has 2 aromatic carbocycles. The Labute approximate surface area is 77.8 Å². The van der Waals surface area contributed by atoms with E-state index < -0.39 is 0 Å². The Morgan fingerprint density at radius 1 is 1.00 bits per heavy atom.